The van der Waals surface area contributed by atoms with Crippen molar-refractivity contribution in [1.82, 2.24) is 4.98 Å². The second-order valence-corrected chi connectivity index (χ2v) is 7.46. The van der Waals surface area contributed by atoms with Gasteiger partial charge in [-0.15, -0.1) is 0 Å². The summed E-state index contributed by atoms with van der Waals surface area (Å²) >= 11 is 0. The molecule has 0 saturated heterocycles. The number of pyridine rings is 1. The number of hydrogen-bond acceptors (Lipinski definition) is 1. The van der Waals surface area contributed by atoms with Gasteiger partial charge in [0.25, 0.3) is 0 Å². The minimum Gasteiger partial charge on any atom is -0.256 e. The Kier molecular flexibility index (Phi) is 2.46. The van der Waals surface area contributed by atoms with Gasteiger partial charge in [0.2, 0.25) is 0 Å². The van der Waals surface area contributed by atoms with Crippen LogP contribution in [0.2, 0.25) is 0 Å². The van der Waals surface area contributed by atoms with E-state index in [0.29, 0.717) is 5.56 Å². The number of fused-ring (bicyclic) bond motifs is 1. The number of aryl methyl sites for hydroxylation is 1. The third-order valence-corrected chi connectivity index (χ3v) is 4.92. The minimum atomic E-state index is -2.06. The smallest absolute Gasteiger partial charge is 0.0705 e. The van der Waals surface area contributed by atoms with Crippen molar-refractivity contribution >= 4 is 0 Å². The zero-order valence-corrected chi connectivity index (χ0v) is 13.3. The zero-order valence-electron chi connectivity index (χ0n) is 16.3. The summed E-state index contributed by atoms with van der Waals surface area (Å²) in [5, 5.41) is 0. The highest BCUT2D eigenvalue weighted by Gasteiger charge is 2.37. The molecule has 110 valence electrons. The van der Waals surface area contributed by atoms with Gasteiger partial charge >= 0.3 is 0 Å². The highest BCUT2D eigenvalue weighted by Crippen LogP contribution is 2.46. The molecule has 0 fully saturated rings. The first-order valence-electron chi connectivity index (χ1n) is 9.13. The molecule has 0 bridgehead atoms. The lowest BCUT2D eigenvalue weighted by atomic mass is 9.63. The van der Waals surface area contributed by atoms with Crippen molar-refractivity contribution in [3.05, 3.63) is 53.2 Å². The van der Waals surface area contributed by atoms with Crippen LogP contribution in [0.5, 0.6) is 0 Å². The Morgan fingerprint density at radius 3 is 2.19 bits per heavy atom. The van der Waals surface area contributed by atoms with E-state index in [9.17, 15) is 0 Å². The van der Waals surface area contributed by atoms with E-state index in [0.717, 1.165) is 17.7 Å². The molecule has 1 aliphatic rings. The Hall–Kier alpha value is -1.63. The molecular weight excluding hydrogens is 254 g/mol. The van der Waals surface area contributed by atoms with Crippen molar-refractivity contribution < 1.29 is 4.11 Å². The molecule has 0 saturated carbocycles. The van der Waals surface area contributed by atoms with Crippen LogP contribution >= 0.6 is 0 Å². The molecule has 1 aliphatic carbocycles. The van der Waals surface area contributed by atoms with Gasteiger partial charge in [-0.25, -0.2) is 0 Å². The van der Waals surface area contributed by atoms with Crippen LogP contribution in [0.3, 0.4) is 0 Å². The molecule has 0 amide bonds. The molecule has 3 rings (SSSR count). The molecule has 0 radical (unpaired) electrons. The first-order chi connectivity index (χ1) is 11.0. The van der Waals surface area contributed by atoms with Crippen LogP contribution < -0.4 is 0 Å². The quantitative estimate of drug-likeness (QED) is 0.682. The molecule has 2 aromatic rings. The molecule has 0 aliphatic heterocycles. The lowest BCUT2D eigenvalue weighted by Crippen LogP contribution is -2.34. The van der Waals surface area contributed by atoms with E-state index < -0.39 is 6.85 Å². The second kappa shape index (κ2) is 4.69. The highest BCUT2D eigenvalue weighted by atomic mass is 14.7. The van der Waals surface area contributed by atoms with Gasteiger partial charge in [-0.2, -0.15) is 0 Å². The summed E-state index contributed by atoms with van der Waals surface area (Å²) in [6.45, 7) is 7.10. The van der Waals surface area contributed by atoms with Crippen molar-refractivity contribution in [2.75, 3.05) is 0 Å². The fourth-order valence-electron chi connectivity index (χ4n) is 3.25. The second-order valence-electron chi connectivity index (χ2n) is 7.46. The van der Waals surface area contributed by atoms with Crippen LogP contribution in [-0.4, -0.2) is 4.98 Å². The van der Waals surface area contributed by atoms with Crippen LogP contribution in [-0.2, 0) is 10.8 Å². The van der Waals surface area contributed by atoms with Crippen molar-refractivity contribution in [3.8, 4) is 11.3 Å². The number of nitrogens with zero attached hydrogens (tertiary/aromatic N) is 1. The fraction of sp³-hybridized carbons (Fsp3) is 0.450. The van der Waals surface area contributed by atoms with Gasteiger partial charge in [-0.3, -0.25) is 4.98 Å². The van der Waals surface area contributed by atoms with Crippen molar-refractivity contribution in [3.63, 3.8) is 0 Å². The zero-order chi connectivity index (χ0) is 17.8. The minimum absolute atomic E-state index is 0.140. The first-order valence-corrected chi connectivity index (χ1v) is 7.63. The van der Waals surface area contributed by atoms with E-state index in [2.05, 4.69) is 38.7 Å². The molecule has 1 nitrogen and oxygen atoms in total. The van der Waals surface area contributed by atoms with Gasteiger partial charge in [0.1, 0.15) is 0 Å². The van der Waals surface area contributed by atoms with E-state index in [4.69, 9.17) is 4.11 Å². The monoisotopic (exact) mass is 282 g/mol. The summed E-state index contributed by atoms with van der Waals surface area (Å²) in [4.78, 5) is 4.67. The van der Waals surface area contributed by atoms with Gasteiger partial charge in [-0.1, -0.05) is 57.5 Å². The molecular formula is C20H25N. The first kappa shape index (κ1) is 11.0. The molecule has 0 spiro atoms. The van der Waals surface area contributed by atoms with E-state index in [1.54, 1.807) is 12.1 Å². The summed E-state index contributed by atoms with van der Waals surface area (Å²) in [6.07, 6.45) is 4.35. The van der Waals surface area contributed by atoms with Gasteiger partial charge in [0.05, 0.1) is 5.69 Å². The third kappa shape index (κ3) is 2.50. The van der Waals surface area contributed by atoms with Crippen molar-refractivity contribution in [2.24, 2.45) is 0 Å². The largest absolute Gasteiger partial charge is 0.256 e. The number of rotatable bonds is 1. The SMILES string of the molecule is [2H]C([2H])([2H])c1ccc(-c2cc3c(cn2)C(C)(C)CCC3(C)C)cc1. The van der Waals surface area contributed by atoms with Crippen LogP contribution in [0.15, 0.2) is 36.5 Å². The molecule has 1 aromatic heterocycles. The molecule has 1 aromatic carbocycles. The van der Waals surface area contributed by atoms with Crippen LogP contribution in [0, 0.1) is 6.85 Å². The van der Waals surface area contributed by atoms with Gasteiger partial charge in [-0.05, 0) is 47.7 Å². The molecule has 21 heavy (non-hydrogen) atoms. The average Bonchev–Trinajstić information content (AvgIpc) is 2.51. The van der Waals surface area contributed by atoms with E-state index in [-0.39, 0.29) is 10.8 Å². The number of aromatic nitrogens is 1. The number of hydrogen-bond donors (Lipinski definition) is 0. The van der Waals surface area contributed by atoms with Crippen LogP contribution in [0.4, 0.5) is 0 Å². The summed E-state index contributed by atoms with van der Waals surface area (Å²) in [6, 6.07) is 9.27. The van der Waals surface area contributed by atoms with E-state index in [1.165, 1.54) is 17.5 Å². The lowest BCUT2D eigenvalue weighted by molar-refractivity contribution is 0.331. The predicted molar refractivity (Wildman–Crippen MR) is 89.7 cm³/mol. The third-order valence-electron chi connectivity index (χ3n) is 4.92. The average molecular weight is 282 g/mol. The van der Waals surface area contributed by atoms with Crippen molar-refractivity contribution in [2.45, 2.75) is 58.2 Å². The molecule has 1 heterocycles. The van der Waals surface area contributed by atoms with E-state index >= 15 is 0 Å². The standard InChI is InChI=1S/C20H25N/c1-14-6-8-15(9-7-14)18-12-16-17(13-21-18)20(4,5)11-10-19(16,2)3/h6-9,12-13H,10-11H2,1-5H3/i1D3. The molecule has 0 atom stereocenters. The van der Waals surface area contributed by atoms with Crippen molar-refractivity contribution in [1.29, 1.82) is 0 Å². The molecule has 1 heteroatoms. The summed E-state index contributed by atoms with van der Waals surface area (Å²) < 4.78 is 22.5. The van der Waals surface area contributed by atoms with E-state index in [1.807, 2.05) is 18.3 Å². The fourth-order valence-corrected chi connectivity index (χ4v) is 3.25. The van der Waals surface area contributed by atoms with Gasteiger partial charge in [0, 0.05) is 15.9 Å². The summed E-state index contributed by atoms with van der Waals surface area (Å²) in [5.74, 6) is 0. The Bertz CT molecular complexity index is 755. The Labute approximate surface area is 132 Å². The van der Waals surface area contributed by atoms with Gasteiger partial charge in [0.15, 0.2) is 0 Å². The summed E-state index contributed by atoms with van der Waals surface area (Å²) in [7, 11) is 0. The number of benzene rings is 1. The highest BCUT2D eigenvalue weighted by molar-refractivity contribution is 5.62. The lowest BCUT2D eigenvalue weighted by Gasteiger charge is -2.41. The topological polar surface area (TPSA) is 12.9 Å². The Morgan fingerprint density at radius 1 is 0.952 bits per heavy atom. The predicted octanol–water partition coefficient (Wildman–Crippen LogP) is 5.41. The molecule has 0 N–H and O–H groups in total. The van der Waals surface area contributed by atoms with Crippen LogP contribution in [0.1, 0.15) is 61.3 Å². The maximum Gasteiger partial charge on any atom is 0.0705 e. The van der Waals surface area contributed by atoms with Crippen LogP contribution in [0.25, 0.3) is 11.3 Å². The Morgan fingerprint density at radius 2 is 1.57 bits per heavy atom. The maximum absolute atomic E-state index is 7.49. The molecule has 0 unspecified atom stereocenters. The Balaban J connectivity index is 2.05. The van der Waals surface area contributed by atoms with Gasteiger partial charge < -0.3 is 0 Å². The maximum atomic E-state index is 7.49. The summed E-state index contributed by atoms with van der Waals surface area (Å²) in [5.41, 5.74) is 5.24. The normalized spacial score (nSPS) is 21.8.